The van der Waals surface area contributed by atoms with Crippen molar-refractivity contribution in [2.45, 2.75) is 53.0 Å². The van der Waals surface area contributed by atoms with Gasteiger partial charge in [-0.25, -0.2) is 8.78 Å². The van der Waals surface area contributed by atoms with Gasteiger partial charge < -0.3 is 19.7 Å². The maximum Gasteiger partial charge on any atom is 0.251 e. The molecular weight excluding hydrogens is 578 g/mol. The van der Waals surface area contributed by atoms with Crippen LogP contribution in [0.2, 0.25) is 0 Å². The number of carbonyl (C=O) groups is 2. The molecule has 4 aromatic rings. The van der Waals surface area contributed by atoms with Gasteiger partial charge in [0.15, 0.2) is 17.3 Å². The molecule has 0 bridgehead atoms. The van der Waals surface area contributed by atoms with Crippen LogP contribution in [-0.2, 0) is 11.3 Å². The molecule has 1 N–H and O–H groups in total. The predicted octanol–water partition coefficient (Wildman–Crippen LogP) is 6.61. The second-order valence-electron chi connectivity index (χ2n) is 11.2. The van der Waals surface area contributed by atoms with Crippen LogP contribution in [0.5, 0.6) is 11.5 Å². The Balaban J connectivity index is 1.29. The summed E-state index contributed by atoms with van der Waals surface area (Å²) in [6.45, 7) is 7.30. The smallest absolute Gasteiger partial charge is 0.251 e. The number of nitrogens with one attached hydrogen (secondary N) is 1. The highest BCUT2D eigenvalue weighted by molar-refractivity contribution is 5.97. The Hall–Kier alpha value is -4.73. The molecule has 0 spiro atoms. The number of hydrogen-bond acceptors (Lipinski definition) is 5. The second kappa shape index (κ2) is 14.4. The van der Waals surface area contributed by atoms with E-state index in [9.17, 15) is 14.0 Å². The molecule has 0 atom stereocenters. The van der Waals surface area contributed by atoms with E-state index >= 15 is 4.39 Å². The minimum atomic E-state index is -0.464. The zero-order valence-corrected chi connectivity index (χ0v) is 25.9. The summed E-state index contributed by atoms with van der Waals surface area (Å²) in [7, 11) is 0. The summed E-state index contributed by atoms with van der Waals surface area (Å²) < 4.78 is 42.8. The van der Waals surface area contributed by atoms with Crippen molar-refractivity contribution < 1.29 is 27.8 Å². The first-order chi connectivity index (χ1) is 21.8. The lowest BCUT2D eigenvalue weighted by atomic mass is 10.0. The van der Waals surface area contributed by atoms with Crippen molar-refractivity contribution in [1.82, 2.24) is 15.1 Å². The third-order valence-electron chi connectivity index (χ3n) is 7.79. The third kappa shape index (κ3) is 7.33. The molecule has 0 radical (unpaired) electrons. The molecule has 3 aromatic carbocycles. The summed E-state index contributed by atoms with van der Waals surface area (Å²) in [5, 5.41) is 7.25. The molecule has 1 aliphatic heterocycles. The van der Waals surface area contributed by atoms with Crippen molar-refractivity contribution in [3.8, 4) is 22.6 Å². The number of aromatic nitrogens is 2. The van der Waals surface area contributed by atoms with E-state index in [1.165, 1.54) is 6.07 Å². The van der Waals surface area contributed by atoms with Gasteiger partial charge in [-0.3, -0.25) is 14.3 Å². The molecule has 45 heavy (non-hydrogen) atoms. The van der Waals surface area contributed by atoms with Crippen molar-refractivity contribution in [3.63, 3.8) is 0 Å². The van der Waals surface area contributed by atoms with Gasteiger partial charge in [-0.2, -0.15) is 5.10 Å². The number of rotatable bonds is 11. The van der Waals surface area contributed by atoms with E-state index in [2.05, 4.69) is 10.4 Å². The van der Waals surface area contributed by atoms with Gasteiger partial charge >= 0.3 is 0 Å². The Morgan fingerprint density at radius 1 is 1.09 bits per heavy atom. The quantitative estimate of drug-likeness (QED) is 0.192. The molecule has 1 aromatic heterocycles. The van der Waals surface area contributed by atoms with Crippen LogP contribution in [0.4, 0.5) is 14.5 Å². The number of anilines is 1. The van der Waals surface area contributed by atoms with Crippen molar-refractivity contribution in [3.05, 3.63) is 94.8 Å². The maximum atomic E-state index is 15.1. The molecule has 0 fully saturated rings. The van der Waals surface area contributed by atoms with E-state index in [0.717, 1.165) is 17.5 Å². The van der Waals surface area contributed by atoms with Crippen LogP contribution < -0.4 is 19.7 Å². The van der Waals surface area contributed by atoms with E-state index in [4.69, 9.17) is 9.47 Å². The van der Waals surface area contributed by atoms with Crippen LogP contribution >= 0.6 is 0 Å². The Morgan fingerprint density at radius 3 is 2.71 bits per heavy atom. The molecule has 8 nitrogen and oxygen atoms in total. The first-order valence-electron chi connectivity index (χ1n) is 15.3. The average Bonchev–Trinajstić information content (AvgIpc) is 3.38. The van der Waals surface area contributed by atoms with Gasteiger partial charge in [0.05, 0.1) is 31.6 Å². The highest BCUT2D eigenvalue weighted by Gasteiger charge is 2.25. The van der Waals surface area contributed by atoms with Crippen molar-refractivity contribution >= 4 is 17.5 Å². The van der Waals surface area contributed by atoms with Crippen LogP contribution in [0.1, 0.15) is 59.7 Å². The number of hydrogen-bond donors (Lipinski definition) is 1. The normalized spacial score (nSPS) is 12.7. The fourth-order valence-corrected chi connectivity index (χ4v) is 5.36. The number of aryl methyl sites for hydroxylation is 2. The fraction of sp³-hybridized carbons (Fsp3) is 0.343. The molecule has 2 heterocycles. The Kier molecular flexibility index (Phi) is 10.1. The zero-order chi connectivity index (χ0) is 31.9. The van der Waals surface area contributed by atoms with Gasteiger partial charge in [-0.05, 0) is 68.5 Å². The first kappa shape index (κ1) is 31.7. The van der Waals surface area contributed by atoms with Gasteiger partial charge in [-0.15, -0.1) is 0 Å². The van der Waals surface area contributed by atoms with Gasteiger partial charge in [0.2, 0.25) is 5.91 Å². The molecule has 236 valence electrons. The lowest BCUT2D eigenvalue weighted by Crippen LogP contribution is -2.31. The topological polar surface area (TPSA) is 85.7 Å². The average molecular weight is 617 g/mol. The van der Waals surface area contributed by atoms with Gasteiger partial charge in [0.1, 0.15) is 5.82 Å². The Bertz CT molecular complexity index is 1660. The summed E-state index contributed by atoms with van der Waals surface area (Å²) in [5.74, 6) is -0.440. The monoisotopic (exact) mass is 616 g/mol. The summed E-state index contributed by atoms with van der Waals surface area (Å²) in [6.07, 6.45) is 5.64. The van der Waals surface area contributed by atoms with Gasteiger partial charge in [0.25, 0.3) is 5.91 Å². The zero-order valence-electron chi connectivity index (χ0n) is 25.9. The summed E-state index contributed by atoms with van der Waals surface area (Å²) in [4.78, 5) is 27.4. The number of para-hydroxylation sites is 1. The van der Waals surface area contributed by atoms with Crippen LogP contribution in [0.25, 0.3) is 11.1 Å². The van der Waals surface area contributed by atoms with Crippen molar-refractivity contribution in [2.75, 3.05) is 31.2 Å². The highest BCUT2D eigenvalue weighted by Crippen LogP contribution is 2.40. The summed E-state index contributed by atoms with van der Waals surface area (Å²) >= 11 is 0. The van der Waals surface area contributed by atoms with Crippen molar-refractivity contribution in [1.29, 1.82) is 0 Å². The molecule has 2 amide bonds. The molecule has 0 unspecified atom stereocenters. The number of nitrogens with zero attached hydrogens (tertiary/aromatic N) is 3. The van der Waals surface area contributed by atoms with E-state index < -0.39 is 5.82 Å². The second-order valence-corrected chi connectivity index (χ2v) is 11.2. The molecule has 0 saturated carbocycles. The highest BCUT2D eigenvalue weighted by atomic mass is 19.1. The lowest BCUT2D eigenvalue weighted by Gasteiger charge is -2.23. The molecule has 0 saturated heterocycles. The minimum absolute atomic E-state index is 0.0688. The van der Waals surface area contributed by atoms with E-state index in [-0.39, 0.29) is 43.0 Å². The number of amides is 2. The summed E-state index contributed by atoms with van der Waals surface area (Å²) in [6, 6.07) is 13.6. The van der Waals surface area contributed by atoms with Gasteiger partial charge in [-0.1, -0.05) is 31.2 Å². The maximum absolute atomic E-state index is 15.1. The molecular formula is C35H38F2N4O4. The predicted molar refractivity (Wildman–Crippen MR) is 169 cm³/mol. The van der Waals surface area contributed by atoms with Crippen molar-refractivity contribution in [2.24, 2.45) is 0 Å². The van der Waals surface area contributed by atoms with E-state index in [1.807, 2.05) is 31.3 Å². The lowest BCUT2D eigenvalue weighted by molar-refractivity contribution is -0.118. The number of carbonyl (C=O) groups excluding carboxylic acids is 2. The first-order valence-corrected chi connectivity index (χ1v) is 15.3. The van der Waals surface area contributed by atoms with Crippen LogP contribution in [0, 0.1) is 25.5 Å². The number of halogens is 2. The standard InChI is InChI=1S/C35H38F2N4O4/c1-4-14-38-35(43)25-18-24(3)28(29(36)19-25)22-40-21-26(20-39-40)27-10-6-11-30-34(27)45-17-8-15-41(30)32(42)13-7-16-44-31-12-5-9-23(2)33(31)37/h5-6,9-12,18-21H,4,7-8,13-17,22H2,1-3H3,(H,38,43). The Morgan fingerprint density at radius 2 is 1.91 bits per heavy atom. The molecule has 0 aliphatic carbocycles. The number of fused-ring (bicyclic) bond motifs is 1. The molecule has 1 aliphatic rings. The summed E-state index contributed by atoms with van der Waals surface area (Å²) in [5.41, 5.74) is 4.13. The fourth-order valence-electron chi connectivity index (χ4n) is 5.36. The van der Waals surface area contributed by atoms with Gasteiger partial charge in [0, 0.05) is 48.0 Å². The number of benzene rings is 3. The third-order valence-corrected chi connectivity index (χ3v) is 7.79. The van der Waals surface area contributed by atoms with E-state index in [1.54, 1.807) is 53.9 Å². The van der Waals surface area contributed by atoms with Crippen LogP contribution in [0.15, 0.2) is 60.9 Å². The molecule has 5 rings (SSSR count). The minimum Gasteiger partial charge on any atom is -0.491 e. The SMILES string of the molecule is CCCNC(=O)c1cc(C)c(Cn2cc(-c3cccc4c3OCCCN4C(=O)CCCOc3cccc(C)c3F)cn2)c(F)c1. The molecule has 10 heteroatoms. The largest absolute Gasteiger partial charge is 0.491 e. The van der Waals surface area contributed by atoms with E-state index in [0.29, 0.717) is 66.2 Å². The van der Waals surface area contributed by atoms with Crippen LogP contribution in [-0.4, -0.2) is 47.9 Å². The van der Waals surface area contributed by atoms with Crippen LogP contribution in [0.3, 0.4) is 0 Å². The Labute approximate surface area is 262 Å². The number of ether oxygens (including phenoxy) is 2.